The van der Waals surface area contributed by atoms with E-state index in [-0.39, 0.29) is 30.6 Å². The van der Waals surface area contributed by atoms with Gasteiger partial charge in [-0.25, -0.2) is 0 Å². The second-order valence-electron chi connectivity index (χ2n) is 3.84. The highest BCUT2D eigenvalue weighted by Crippen LogP contribution is 2.19. The Labute approximate surface area is 88.1 Å². The van der Waals surface area contributed by atoms with Gasteiger partial charge in [0.15, 0.2) is 0 Å². The highest BCUT2D eigenvalue weighted by atomic mass is 16.4. The summed E-state index contributed by atoms with van der Waals surface area (Å²) in [5.74, 6) is -1.32. The number of hydrogen-bond donors (Lipinski definition) is 1. The molecule has 2 amide bonds. The van der Waals surface area contributed by atoms with Crippen LogP contribution >= 0.6 is 0 Å². The van der Waals surface area contributed by atoms with E-state index in [1.165, 1.54) is 4.90 Å². The third-order valence-corrected chi connectivity index (χ3v) is 2.49. The van der Waals surface area contributed by atoms with Gasteiger partial charge in [-0.15, -0.1) is 0 Å². The molecule has 0 aromatic carbocycles. The fraction of sp³-hybridized carbons (Fsp3) is 0.700. The van der Waals surface area contributed by atoms with Gasteiger partial charge in [-0.3, -0.25) is 19.3 Å². The summed E-state index contributed by atoms with van der Waals surface area (Å²) in [5, 5.41) is 8.40. The summed E-state index contributed by atoms with van der Waals surface area (Å²) >= 11 is 0. The number of carboxylic acids is 1. The van der Waals surface area contributed by atoms with Crippen molar-refractivity contribution in [2.24, 2.45) is 5.92 Å². The molecule has 15 heavy (non-hydrogen) atoms. The van der Waals surface area contributed by atoms with Crippen molar-refractivity contribution in [1.29, 1.82) is 0 Å². The number of amides is 2. The van der Waals surface area contributed by atoms with E-state index < -0.39 is 5.97 Å². The van der Waals surface area contributed by atoms with Gasteiger partial charge in [0, 0.05) is 25.3 Å². The van der Waals surface area contributed by atoms with Crippen molar-refractivity contribution in [3.8, 4) is 0 Å². The van der Waals surface area contributed by atoms with Gasteiger partial charge in [0.05, 0.1) is 0 Å². The van der Waals surface area contributed by atoms with Crippen molar-refractivity contribution in [1.82, 2.24) is 4.90 Å². The molecule has 0 bridgehead atoms. The zero-order valence-electron chi connectivity index (χ0n) is 8.73. The van der Waals surface area contributed by atoms with Crippen LogP contribution in [0.3, 0.4) is 0 Å². The summed E-state index contributed by atoms with van der Waals surface area (Å²) in [6.07, 6.45) is 1.45. The molecule has 84 valence electrons. The van der Waals surface area contributed by atoms with Crippen LogP contribution in [-0.4, -0.2) is 34.3 Å². The molecule has 1 saturated heterocycles. The van der Waals surface area contributed by atoms with E-state index >= 15 is 0 Å². The van der Waals surface area contributed by atoms with Gasteiger partial charge < -0.3 is 5.11 Å². The largest absolute Gasteiger partial charge is 0.481 e. The average molecular weight is 213 g/mol. The van der Waals surface area contributed by atoms with Crippen LogP contribution in [0.1, 0.15) is 32.6 Å². The molecule has 0 aromatic heterocycles. The predicted molar refractivity (Wildman–Crippen MR) is 52.0 cm³/mol. The number of nitrogens with zero attached hydrogens (tertiary/aromatic N) is 1. The van der Waals surface area contributed by atoms with Gasteiger partial charge in [0.1, 0.15) is 0 Å². The minimum Gasteiger partial charge on any atom is -0.481 e. The Morgan fingerprint density at radius 2 is 2.13 bits per heavy atom. The number of aliphatic carboxylic acids is 1. The van der Waals surface area contributed by atoms with Crippen LogP contribution in [0.5, 0.6) is 0 Å². The van der Waals surface area contributed by atoms with Crippen LogP contribution in [0.15, 0.2) is 0 Å². The maximum absolute atomic E-state index is 11.4. The molecule has 1 heterocycles. The van der Waals surface area contributed by atoms with Crippen molar-refractivity contribution in [3.05, 3.63) is 0 Å². The Hall–Kier alpha value is -1.39. The second-order valence-corrected chi connectivity index (χ2v) is 3.84. The predicted octanol–water partition coefficient (Wildman–Crippen LogP) is 0.636. The standard InChI is InChI=1S/C10H15NO4/c1-7-6-8(12)11(10(7)15)5-3-2-4-9(13)14/h7H,2-6H2,1H3,(H,13,14). The van der Waals surface area contributed by atoms with Gasteiger partial charge in [-0.05, 0) is 12.8 Å². The highest BCUT2D eigenvalue weighted by molar-refractivity contribution is 6.03. The van der Waals surface area contributed by atoms with Crippen LogP contribution in [-0.2, 0) is 14.4 Å². The number of unbranched alkanes of at least 4 members (excludes halogenated alkanes) is 1. The second kappa shape index (κ2) is 4.91. The van der Waals surface area contributed by atoms with Crippen LogP contribution in [0.2, 0.25) is 0 Å². The van der Waals surface area contributed by atoms with E-state index in [4.69, 9.17) is 5.11 Å². The number of hydrogen-bond acceptors (Lipinski definition) is 3. The monoisotopic (exact) mass is 213 g/mol. The van der Waals surface area contributed by atoms with Crippen molar-refractivity contribution < 1.29 is 19.5 Å². The summed E-state index contributed by atoms with van der Waals surface area (Å²) in [6, 6.07) is 0. The van der Waals surface area contributed by atoms with E-state index in [2.05, 4.69) is 0 Å². The van der Waals surface area contributed by atoms with Crippen LogP contribution in [0.4, 0.5) is 0 Å². The van der Waals surface area contributed by atoms with Crippen molar-refractivity contribution >= 4 is 17.8 Å². The smallest absolute Gasteiger partial charge is 0.303 e. The molecule has 0 spiro atoms. The SMILES string of the molecule is CC1CC(=O)N(CCCCC(=O)O)C1=O. The fourth-order valence-electron chi connectivity index (χ4n) is 1.63. The first-order valence-electron chi connectivity index (χ1n) is 5.08. The zero-order chi connectivity index (χ0) is 11.4. The molecule has 0 radical (unpaired) electrons. The molecule has 1 atom stereocenters. The first kappa shape index (κ1) is 11.7. The van der Waals surface area contributed by atoms with Gasteiger partial charge in [0.2, 0.25) is 11.8 Å². The lowest BCUT2D eigenvalue weighted by Gasteiger charge is -2.13. The van der Waals surface area contributed by atoms with E-state index in [1.54, 1.807) is 6.92 Å². The molecule has 1 aliphatic heterocycles. The molecule has 5 nitrogen and oxygen atoms in total. The van der Waals surface area contributed by atoms with Gasteiger partial charge in [0.25, 0.3) is 0 Å². The van der Waals surface area contributed by atoms with E-state index in [0.29, 0.717) is 19.4 Å². The molecule has 0 aromatic rings. The normalized spacial score (nSPS) is 21.1. The lowest BCUT2D eigenvalue weighted by Crippen LogP contribution is -2.31. The quantitative estimate of drug-likeness (QED) is 0.537. The first-order valence-corrected chi connectivity index (χ1v) is 5.08. The third-order valence-electron chi connectivity index (χ3n) is 2.49. The molecular weight excluding hydrogens is 198 g/mol. The Morgan fingerprint density at radius 3 is 2.60 bits per heavy atom. The number of carbonyl (C=O) groups excluding carboxylic acids is 2. The van der Waals surface area contributed by atoms with Gasteiger partial charge in [-0.2, -0.15) is 0 Å². The Morgan fingerprint density at radius 1 is 1.47 bits per heavy atom. The summed E-state index contributed by atoms with van der Waals surface area (Å²) in [6.45, 7) is 2.09. The summed E-state index contributed by atoms with van der Waals surface area (Å²) in [4.78, 5) is 34.2. The van der Waals surface area contributed by atoms with Crippen molar-refractivity contribution in [3.63, 3.8) is 0 Å². The highest BCUT2D eigenvalue weighted by Gasteiger charge is 2.34. The summed E-state index contributed by atoms with van der Waals surface area (Å²) < 4.78 is 0. The van der Waals surface area contributed by atoms with Crippen LogP contribution < -0.4 is 0 Å². The fourth-order valence-corrected chi connectivity index (χ4v) is 1.63. The third kappa shape index (κ3) is 3.04. The molecule has 0 saturated carbocycles. The molecule has 1 fully saturated rings. The lowest BCUT2D eigenvalue weighted by atomic mass is 10.1. The minimum absolute atomic E-state index is 0.0891. The number of carboxylic acid groups (broad SMARTS) is 1. The van der Waals surface area contributed by atoms with E-state index in [1.807, 2.05) is 0 Å². The topological polar surface area (TPSA) is 74.7 Å². The molecule has 1 N–H and O–H groups in total. The maximum atomic E-state index is 11.4. The number of carbonyl (C=O) groups is 3. The van der Waals surface area contributed by atoms with Crippen molar-refractivity contribution in [2.45, 2.75) is 32.6 Å². The first-order chi connectivity index (χ1) is 7.02. The van der Waals surface area contributed by atoms with E-state index in [0.717, 1.165) is 0 Å². The number of rotatable bonds is 5. The molecule has 1 aliphatic rings. The number of imide groups is 1. The average Bonchev–Trinajstić information content (AvgIpc) is 2.37. The Balaban J connectivity index is 2.29. The lowest BCUT2D eigenvalue weighted by molar-refractivity contribution is -0.139. The zero-order valence-corrected chi connectivity index (χ0v) is 8.73. The Kier molecular flexibility index (Phi) is 3.82. The minimum atomic E-state index is -0.845. The number of likely N-dealkylation sites (tertiary alicyclic amines) is 1. The molecule has 1 unspecified atom stereocenters. The van der Waals surface area contributed by atoms with Gasteiger partial charge in [-0.1, -0.05) is 6.92 Å². The molecular formula is C10H15NO4. The van der Waals surface area contributed by atoms with Crippen LogP contribution in [0.25, 0.3) is 0 Å². The summed E-state index contributed by atoms with van der Waals surface area (Å²) in [7, 11) is 0. The van der Waals surface area contributed by atoms with Crippen LogP contribution in [0, 0.1) is 5.92 Å². The van der Waals surface area contributed by atoms with Gasteiger partial charge >= 0.3 is 5.97 Å². The molecule has 1 rings (SSSR count). The van der Waals surface area contributed by atoms with E-state index in [9.17, 15) is 14.4 Å². The molecule has 5 heteroatoms. The molecule has 0 aliphatic carbocycles. The Bertz CT molecular complexity index is 287. The maximum Gasteiger partial charge on any atom is 0.303 e. The van der Waals surface area contributed by atoms with Crippen molar-refractivity contribution in [2.75, 3.05) is 6.54 Å². The summed E-state index contributed by atoms with van der Waals surface area (Å²) in [5.41, 5.74) is 0.